The average Bonchev–Trinajstić information content (AvgIpc) is 2.51. The molecule has 0 radical (unpaired) electrons. The molecule has 0 saturated carbocycles. The van der Waals surface area contributed by atoms with E-state index in [1.807, 2.05) is 25.1 Å². The Kier molecular flexibility index (Phi) is 5.78. The maximum absolute atomic E-state index is 5.61. The zero-order chi connectivity index (χ0) is 15.1. The quantitative estimate of drug-likeness (QED) is 0.758. The number of hydrogen-bond donors (Lipinski definition) is 1. The van der Waals surface area contributed by atoms with Gasteiger partial charge in [0, 0.05) is 30.7 Å². The summed E-state index contributed by atoms with van der Waals surface area (Å²) in [5.74, 6) is 1.66. The van der Waals surface area contributed by atoms with Crippen molar-refractivity contribution in [3.8, 4) is 5.75 Å². The number of anilines is 1. The maximum atomic E-state index is 5.61. The number of aromatic nitrogens is 1. The van der Waals surface area contributed by atoms with Crippen LogP contribution >= 0.6 is 0 Å². The Morgan fingerprint density at radius 2 is 2.00 bits per heavy atom. The van der Waals surface area contributed by atoms with Gasteiger partial charge in [-0.25, -0.2) is 4.98 Å². The summed E-state index contributed by atoms with van der Waals surface area (Å²) < 4.78 is 15.8. The first kappa shape index (κ1) is 15.5. The first-order chi connectivity index (χ1) is 10.3. The lowest BCUT2D eigenvalue weighted by Gasteiger charge is -2.12. The van der Waals surface area contributed by atoms with Crippen LogP contribution in [0.3, 0.4) is 0 Å². The average molecular weight is 290 g/mol. The summed E-state index contributed by atoms with van der Waals surface area (Å²) in [4.78, 5) is 4.67. The second-order valence-corrected chi connectivity index (χ2v) is 4.63. The summed E-state index contributed by atoms with van der Waals surface area (Å²) in [6, 6.07) is 7.99. The zero-order valence-electron chi connectivity index (χ0n) is 12.8. The minimum atomic E-state index is 0.515. The maximum Gasteiger partial charge on any atom is 0.132 e. The van der Waals surface area contributed by atoms with Crippen LogP contribution in [0.1, 0.15) is 12.5 Å². The summed E-state index contributed by atoms with van der Waals surface area (Å²) in [5, 5.41) is 4.36. The molecule has 0 aliphatic heterocycles. The largest absolute Gasteiger partial charge is 0.497 e. The molecular formula is C16H22N2O3. The molecule has 0 atom stereocenters. The van der Waals surface area contributed by atoms with Gasteiger partial charge in [-0.15, -0.1) is 0 Å². The summed E-state index contributed by atoms with van der Waals surface area (Å²) >= 11 is 0. The van der Waals surface area contributed by atoms with Crippen molar-refractivity contribution in [2.75, 3.05) is 39.3 Å². The van der Waals surface area contributed by atoms with Crippen LogP contribution in [0.4, 0.5) is 5.82 Å². The lowest BCUT2D eigenvalue weighted by atomic mass is 10.1. The van der Waals surface area contributed by atoms with Gasteiger partial charge in [0.25, 0.3) is 0 Å². The van der Waals surface area contributed by atoms with Crippen LogP contribution in [-0.2, 0) is 16.1 Å². The highest BCUT2D eigenvalue weighted by atomic mass is 16.5. The predicted molar refractivity (Wildman–Crippen MR) is 84.0 cm³/mol. The van der Waals surface area contributed by atoms with E-state index in [1.54, 1.807) is 14.2 Å². The first-order valence-corrected chi connectivity index (χ1v) is 7.06. The molecule has 0 aliphatic rings. The number of benzene rings is 1. The fourth-order valence-electron chi connectivity index (χ4n) is 2.07. The van der Waals surface area contributed by atoms with Gasteiger partial charge in [0.1, 0.15) is 11.6 Å². The minimum absolute atomic E-state index is 0.515. The molecule has 0 unspecified atom stereocenters. The SMILES string of the molecule is CCNc1nc2cc(OC)ccc2cc1COCCOC. The minimum Gasteiger partial charge on any atom is -0.497 e. The molecule has 21 heavy (non-hydrogen) atoms. The number of rotatable bonds is 8. The van der Waals surface area contributed by atoms with Gasteiger partial charge < -0.3 is 19.5 Å². The molecule has 0 saturated heterocycles. The van der Waals surface area contributed by atoms with Crippen molar-refractivity contribution in [2.45, 2.75) is 13.5 Å². The van der Waals surface area contributed by atoms with Crippen LogP contribution in [0.5, 0.6) is 5.75 Å². The van der Waals surface area contributed by atoms with Gasteiger partial charge in [-0.3, -0.25) is 0 Å². The van der Waals surface area contributed by atoms with Crippen LogP contribution in [0.2, 0.25) is 0 Å². The molecule has 1 aromatic carbocycles. The number of methoxy groups -OCH3 is 2. The molecule has 114 valence electrons. The molecule has 0 aliphatic carbocycles. The monoisotopic (exact) mass is 290 g/mol. The summed E-state index contributed by atoms with van der Waals surface area (Å²) in [6.45, 7) is 4.54. The predicted octanol–water partition coefficient (Wildman–Crippen LogP) is 2.84. The molecule has 0 amide bonds. The smallest absolute Gasteiger partial charge is 0.132 e. The second-order valence-electron chi connectivity index (χ2n) is 4.63. The molecule has 1 heterocycles. The Balaban J connectivity index is 2.27. The van der Waals surface area contributed by atoms with Gasteiger partial charge in [-0.2, -0.15) is 0 Å². The Morgan fingerprint density at radius 3 is 2.71 bits per heavy atom. The Bertz CT molecular complexity index is 587. The van der Waals surface area contributed by atoms with Gasteiger partial charge in [-0.05, 0) is 25.1 Å². The van der Waals surface area contributed by atoms with Crippen LogP contribution in [0.15, 0.2) is 24.3 Å². The third kappa shape index (κ3) is 4.06. The number of nitrogens with zero attached hydrogens (tertiary/aromatic N) is 1. The number of nitrogens with one attached hydrogen (secondary N) is 1. The normalized spacial score (nSPS) is 10.8. The van der Waals surface area contributed by atoms with Crippen molar-refractivity contribution in [1.29, 1.82) is 0 Å². The van der Waals surface area contributed by atoms with Crippen molar-refractivity contribution >= 4 is 16.7 Å². The second kappa shape index (κ2) is 7.81. The van der Waals surface area contributed by atoms with Crippen molar-refractivity contribution in [3.63, 3.8) is 0 Å². The summed E-state index contributed by atoms with van der Waals surface area (Å²) in [5.41, 5.74) is 1.96. The van der Waals surface area contributed by atoms with Crippen LogP contribution < -0.4 is 10.1 Å². The standard InChI is InChI=1S/C16H22N2O3/c1-4-17-16-13(11-21-8-7-19-2)9-12-5-6-14(20-3)10-15(12)18-16/h5-6,9-10H,4,7-8,11H2,1-3H3,(H,17,18). The van der Waals surface area contributed by atoms with E-state index in [-0.39, 0.29) is 0 Å². The van der Waals surface area contributed by atoms with E-state index in [2.05, 4.69) is 16.4 Å². The molecule has 1 aromatic heterocycles. The van der Waals surface area contributed by atoms with Gasteiger partial charge >= 0.3 is 0 Å². The van der Waals surface area contributed by atoms with Gasteiger partial charge in [0.15, 0.2) is 0 Å². The highest BCUT2D eigenvalue weighted by molar-refractivity contribution is 5.83. The molecule has 2 rings (SSSR count). The lowest BCUT2D eigenvalue weighted by Crippen LogP contribution is -2.07. The summed E-state index contributed by atoms with van der Waals surface area (Å²) in [7, 11) is 3.32. The Labute approximate surface area is 125 Å². The van der Waals surface area contributed by atoms with E-state index in [0.29, 0.717) is 19.8 Å². The van der Waals surface area contributed by atoms with Crippen LogP contribution in [0, 0.1) is 0 Å². The molecule has 1 N–H and O–H groups in total. The lowest BCUT2D eigenvalue weighted by molar-refractivity contribution is 0.0618. The van der Waals surface area contributed by atoms with E-state index in [1.165, 1.54) is 0 Å². The van der Waals surface area contributed by atoms with Crippen molar-refractivity contribution in [2.24, 2.45) is 0 Å². The van der Waals surface area contributed by atoms with E-state index < -0.39 is 0 Å². The number of ether oxygens (including phenoxy) is 3. The molecule has 5 nitrogen and oxygen atoms in total. The Hall–Kier alpha value is -1.85. The van der Waals surface area contributed by atoms with Crippen LogP contribution in [0.25, 0.3) is 10.9 Å². The Morgan fingerprint density at radius 1 is 1.14 bits per heavy atom. The number of hydrogen-bond acceptors (Lipinski definition) is 5. The van der Waals surface area contributed by atoms with Crippen LogP contribution in [-0.4, -0.2) is 39.0 Å². The zero-order valence-corrected chi connectivity index (χ0v) is 12.8. The highest BCUT2D eigenvalue weighted by Crippen LogP contribution is 2.24. The fraction of sp³-hybridized carbons (Fsp3) is 0.438. The van der Waals surface area contributed by atoms with Gasteiger partial charge in [0.05, 0.1) is 32.4 Å². The van der Waals surface area contributed by atoms with Gasteiger partial charge in [-0.1, -0.05) is 0 Å². The van der Waals surface area contributed by atoms with Crippen molar-refractivity contribution < 1.29 is 14.2 Å². The van der Waals surface area contributed by atoms with E-state index in [0.717, 1.165) is 34.6 Å². The van der Waals surface area contributed by atoms with E-state index >= 15 is 0 Å². The molecule has 2 aromatic rings. The van der Waals surface area contributed by atoms with Crippen molar-refractivity contribution in [3.05, 3.63) is 29.8 Å². The summed E-state index contributed by atoms with van der Waals surface area (Å²) in [6.07, 6.45) is 0. The van der Waals surface area contributed by atoms with E-state index in [4.69, 9.17) is 14.2 Å². The molecule has 0 spiro atoms. The van der Waals surface area contributed by atoms with Crippen molar-refractivity contribution in [1.82, 2.24) is 4.98 Å². The third-order valence-corrected chi connectivity index (χ3v) is 3.14. The number of fused-ring (bicyclic) bond motifs is 1. The van der Waals surface area contributed by atoms with E-state index in [9.17, 15) is 0 Å². The molecule has 0 bridgehead atoms. The first-order valence-electron chi connectivity index (χ1n) is 7.06. The molecular weight excluding hydrogens is 268 g/mol. The molecule has 0 fully saturated rings. The fourth-order valence-corrected chi connectivity index (χ4v) is 2.07. The molecule has 5 heteroatoms. The highest BCUT2D eigenvalue weighted by Gasteiger charge is 2.07. The third-order valence-electron chi connectivity index (χ3n) is 3.14. The topological polar surface area (TPSA) is 52.6 Å². The number of pyridine rings is 1. The van der Waals surface area contributed by atoms with Gasteiger partial charge in [0.2, 0.25) is 0 Å².